The summed E-state index contributed by atoms with van der Waals surface area (Å²) >= 11 is 0. The van der Waals surface area contributed by atoms with Gasteiger partial charge in [-0.3, -0.25) is 4.90 Å². The molecule has 0 aromatic carbocycles. The third-order valence-electron chi connectivity index (χ3n) is 4.01. The number of rotatable bonds is 4. The summed E-state index contributed by atoms with van der Waals surface area (Å²) < 4.78 is 0. The van der Waals surface area contributed by atoms with Gasteiger partial charge in [0.05, 0.1) is 0 Å². The summed E-state index contributed by atoms with van der Waals surface area (Å²) in [7, 11) is 4.47. The average Bonchev–Trinajstić information content (AvgIpc) is 2.26. The van der Waals surface area contributed by atoms with E-state index >= 15 is 0 Å². The van der Waals surface area contributed by atoms with Gasteiger partial charge in [-0.15, -0.1) is 0 Å². The molecular weight excluding hydrogens is 186 g/mol. The zero-order valence-electron chi connectivity index (χ0n) is 10.7. The van der Waals surface area contributed by atoms with E-state index in [2.05, 4.69) is 37.7 Å². The van der Waals surface area contributed by atoms with Crippen molar-refractivity contribution in [3.8, 4) is 0 Å². The molecule has 0 aromatic heterocycles. The molecule has 15 heavy (non-hydrogen) atoms. The lowest BCUT2D eigenvalue weighted by atomic mass is 9.98. The van der Waals surface area contributed by atoms with E-state index < -0.39 is 0 Å². The van der Waals surface area contributed by atoms with Crippen LogP contribution in [0.15, 0.2) is 0 Å². The minimum atomic E-state index is 0.585. The Balaban J connectivity index is 2.47. The van der Waals surface area contributed by atoms with E-state index in [0.29, 0.717) is 18.0 Å². The summed E-state index contributed by atoms with van der Waals surface area (Å²) in [5, 5.41) is 0. The highest BCUT2D eigenvalue weighted by Gasteiger charge is 2.26. The van der Waals surface area contributed by atoms with Crippen molar-refractivity contribution in [3.63, 3.8) is 0 Å². The van der Waals surface area contributed by atoms with E-state index in [4.69, 9.17) is 5.73 Å². The van der Waals surface area contributed by atoms with E-state index in [0.717, 1.165) is 6.54 Å². The lowest BCUT2D eigenvalue weighted by molar-refractivity contribution is 0.0847. The van der Waals surface area contributed by atoms with Gasteiger partial charge in [0.2, 0.25) is 0 Å². The van der Waals surface area contributed by atoms with Crippen molar-refractivity contribution >= 4 is 0 Å². The van der Waals surface area contributed by atoms with Gasteiger partial charge in [-0.25, -0.2) is 0 Å². The van der Waals surface area contributed by atoms with Crippen LogP contribution in [0.1, 0.15) is 26.7 Å². The summed E-state index contributed by atoms with van der Waals surface area (Å²) in [4.78, 5) is 4.96. The van der Waals surface area contributed by atoms with Gasteiger partial charge in [0.1, 0.15) is 0 Å². The van der Waals surface area contributed by atoms with Crippen LogP contribution in [0.3, 0.4) is 0 Å². The number of nitrogens with two attached hydrogens (primary N) is 1. The Hall–Kier alpha value is -0.120. The highest BCUT2D eigenvalue weighted by Crippen LogP contribution is 2.18. The predicted octanol–water partition coefficient (Wildman–Crippen LogP) is 0.996. The van der Waals surface area contributed by atoms with Crippen molar-refractivity contribution in [3.05, 3.63) is 0 Å². The summed E-state index contributed by atoms with van der Waals surface area (Å²) in [5.74, 6) is 0.585. The molecule has 0 amide bonds. The highest BCUT2D eigenvalue weighted by atomic mass is 15.2. The topological polar surface area (TPSA) is 32.5 Å². The summed E-state index contributed by atoms with van der Waals surface area (Å²) in [6.45, 7) is 7.79. The zero-order chi connectivity index (χ0) is 11.4. The minimum Gasteiger partial charge on any atom is -0.330 e. The molecule has 1 rings (SSSR count). The van der Waals surface area contributed by atoms with E-state index in [-0.39, 0.29) is 0 Å². The molecule has 1 aliphatic rings. The lowest BCUT2D eigenvalue weighted by Crippen LogP contribution is -2.50. The molecule has 0 spiro atoms. The second-order valence-electron chi connectivity index (χ2n) is 5.18. The lowest BCUT2D eigenvalue weighted by Gasteiger charge is -2.40. The molecule has 3 heteroatoms. The maximum absolute atomic E-state index is 5.73. The Kier molecular flexibility index (Phi) is 5.03. The van der Waals surface area contributed by atoms with Crippen LogP contribution in [0.25, 0.3) is 0 Å². The third kappa shape index (κ3) is 3.44. The number of likely N-dealkylation sites (tertiary alicyclic amines) is 1. The van der Waals surface area contributed by atoms with Crippen LogP contribution >= 0.6 is 0 Å². The molecular formula is C12H27N3. The van der Waals surface area contributed by atoms with Gasteiger partial charge >= 0.3 is 0 Å². The van der Waals surface area contributed by atoms with Crippen molar-refractivity contribution in [1.82, 2.24) is 9.80 Å². The molecule has 3 atom stereocenters. The van der Waals surface area contributed by atoms with Gasteiger partial charge in [0, 0.05) is 18.6 Å². The van der Waals surface area contributed by atoms with Gasteiger partial charge in [0.25, 0.3) is 0 Å². The summed E-state index contributed by atoms with van der Waals surface area (Å²) in [6.07, 6.45) is 2.66. The highest BCUT2D eigenvalue weighted by molar-refractivity contribution is 4.82. The first-order valence-corrected chi connectivity index (χ1v) is 6.16. The van der Waals surface area contributed by atoms with Crippen molar-refractivity contribution in [2.75, 3.05) is 33.7 Å². The molecule has 90 valence electrons. The van der Waals surface area contributed by atoms with Crippen LogP contribution < -0.4 is 5.73 Å². The van der Waals surface area contributed by atoms with Gasteiger partial charge in [-0.2, -0.15) is 0 Å². The van der Waals surface area contributed by atoms with Gasteiger partial charge in [-0.05, 0) is 52.9 Å². The predicted molar refractivity (Wildman–Crippen MR) is 66.0 cm³/mol. The maximum atomic E-state index is 5.73. The largest absolute Gasteiger partial charge is 0.330 e. The number of hydrogen-bond acceptors (Lipinski definition) is 3. The summed E-state index contributed by atoms with van der Waals surface area (Å²) in [6, 6.07) is 1.30. The zero-order valence-corrected chi connectivity index (χ0v) is 10.7. The molecule has 1 heterocycles. The van der Waals surface area contributed by atoms with Crippen molar-refractivity contribution in [1.29, 1.82) is 0 Å². The molecule has 1 fully saturated rings. The second kappa shape index (κ2) is 5.83. The molecule has 3 unspecified atom stereocenters. The second-order valence-corrected chi connectivity index (χ2v) is 5.18. The standard InChI is InChI=1S/C12H27N3/c1-10(8-13)11(2)15(4)12-6-5-7-14(3)9-12/h10-12H,5-9,13H2,1-4H3. The van der Waals surface area contributed by atoms with Crippen molar-refractivity contribution in [2.45, 2.75) is 38.8 Å². The maximum Gasteiger partial charge on any atom is 0.0223 e. The smallest absolute Gasteiger partial charge is 0.0223 e. The molecule has 1 saturated heterocycles. The first-order valence-electron chi connectivity index (χ1n) is 6.16. The number of nitrogens with zero attached hydrogens (tertiary/aromatic N) is 2. The van der Waals surface area contributed by atoms with E-state index in [1.165, 1.54) is 25.9 Å². The molecule has 2 N–H and O–H groups in total. The monoisotopic (exact) mass is 213 g/mol. The molecule has 0 bridgehead atoms. The molecule has 0 aliphatic carbocycles. The molecule has 3 nitrogen and oxygen atoms in total. The Labute approximate surface area is 94.6 Å². The van der Waals surface area contributed by atoms with E-state index in [1.807, 2.05) is 0 Å². The number of hydrogen-bond donors (Lipinski definition) is 1. The molecule has 0 aromatic rings. The Morgan fingerprint density at radius 3 is 2.67 bits per heavy atom. The fourth-order valence-electron chi connectivity index (χ4n) is 2.40. The van der Waals surface area contributed by atoms with E-state index in [9.17, 15) is 0 Å². The molecule has 1 aliphatic heterocycles. The third-order valence-corrected chi connectivity index (χ3v) is 4.01. The van der Waals surface area contributed by atoms with Crippen LogP contribution in [0, 0.1) is 5.92 Å². The fraction of sp³-hybridized carbons (Fsp3) is 1.00. The van der Waals surface area contributed by atoms with Crippen LogP contribution in [-0.2, 0) is 0 Å². The van der Waals surface area contributed by atoms with Crippen LogP contribution in [0.4, 0.5) is 0 Å². The molecule has 0 radical (unpaired) electrons. The quantitative estimate of drug-likeness (QED) is 0.756. The van der Waals surface area contributed by atoms with Gasteiger partial charge in [0.15, 0.2) is 0 Å². The fourth-order valence-corrected chi connectivity index (χ4v) is 2.40. The Morgan fingerprint density at radius 2 is 2.13 bits per heavy atom. The van der Waals surface area contributed by atoms with Crippen molar-refractivity contribution < 1.29 is 0 Å². The molecule has 0 saturated carbocycles. The normalized spacial score (nSPS) is 28.0. The van der Waals surface area contributed by atoms with Crippen molar-refractivity contribution in [2.24, 2.45) is 11.7 Å². The van der Waals surface area contributed by atoms with Gasteiger partial charge < -0.3 is 10.6 Å². The first kappa shape index (κ1) is 12.9. The van der Waals surface area contributed by atoms with Crippen LogP contribution in [-0.4, -0.2) is 55.6 Å². The number of piperidine rings is 1. The van der Waals surface area contributed by atoms with Gasteiger partial charge in [-0.1, -0.05) is 6.92 Å². The Bertz CT molecular complexity index is 184. The number of likely N-dealkylation sites (N-methyl/N-ethyl adjacent to an activating group) is 2. The van der Waals surface area contributed by atoms with Crippen LogP contribution in [0.5, 0.6) is 0 Å². The minimum absolute atomic E-state index is 0.585. The van der Waals surface area contributed by atoms with E-state index in [1.54, 1.807) is 0 Å². The first-order chi connectivity index (χ1) is 7.06. The van der Waals surface area contributed by atoms with Crippen LogP contribution in [0.2, 0.25) is 0 Å². The Morgan fingerprint density at radius 1 is 1.47 bits per heavy atom. The summed E-state index contributed by atoms with van der Waals surface area (Å²) in [5.41, 5.74) is 5.73. The average molecular weight is 213 g/mol. The SMILES string of the molecule is CC(CN)C(C)N(C)C1CCCN(C)C1.